The maximum absolute atomic E-state index is 13.7. The first-order valence-electron chi connectivity index (χ1n) is 6.53. The maximum Gasteiger partial charge on any atom is 0.240 e. The monoisotopic (exact) mass is 284 g/mol. The van der Waals surface area contributed by atoms with Gasteiger partial charge in [0, 0.05) is 19.2 Å². The second-order valence-corrected chi connectivity index (χ2v) is 5.14. The first-order valence-corrected chi connectivity index (χ1v) is 6.53. The first kappa shape index (κ1) is 14.9. The lowest BCUT2D eigenvalue weighted by Crippen LogP contribution is -2.42. The van der Waals surface area contributed by atoms with Gasteiger partial charge in [0.1, 0.15) is 11.6 Å². The lowest BCUT2D eigenvalue weighted by atomic mass is 10.0. The summed E-state index contributed by atoms with van der Waals surface area (Å²) in [5.41, 5.74) is 0.138. The third kappa shape index (κ3) is 2.96. The second kappa shape index (κ2) is 5.85. The first-order chi connectivity index (χ1) is 9.40. The summed E-state index contributed by atoms with van der Waals surface area (Å²) in [4.78, 5) is 13.6. The van der Waals surface area contributed by atoms with Crippen LogP contribution in [0.2, 0.25) is 0 Å². The van der Waals surface area contributed by atoms with E-state index in [1.807, 2.05) is 0 Å². The van der Waals surface area contributed by atoms with Crippen LogP contribution in [0.4, 0.5) is 8.78 Å². The van der Waals surface area contributed by atoms with Crippen LogP contribution in [0.1, 0.15) is 24.9 Å². The minimum atomic E-state index is -0.585. The molecule has 1 saturated heterocycles. The predicted molar refractivity (Wildman–Crippen MR) is 70.0 cm³/mol. The third-order valence-electron chi connectivity index (χ3n) is 3.74. The molecular formula is C14H18F2N2O2. The Labute approximate surface area is 116 Å². The molecule has 20 heavy (non-hydrogen) atoms. The van der Waals surface area contributed by atoms with Crippen LogP contribution in [0, 0.1) is 11.6 Å². The van der Waals surface area contributed by atoms with Crippen LogP contribution < -0.4 is 5.32 Å². The van der Waals surface area contributed by atoms with Gasteiger partial charge in [-0.3, -0.25) is 4.79 Å². The molecule has 0 bridgehead atoms. The van der Waals surface area contributed by atoms with Crippen molar-refractivity contribution in [3.05, 3.63) is 35.4 Å². The molecule has 1 fully saturated rings. The van der Waals surface area contributed by atoms with Crippen molar-refractivity contribution >= 4 is 5.91 Å². The van der Waals surface area contributed by atoms with Gasteiger partial charge in [0.25, 0.3) is 0 Å². The highest BCUT2D eigenvalue weighted by Gasteiger charge is 2.32. The van der Waals surface area contributed by atoms with E-state index >= 15 is 0 Å². The Balaban J connectivity index is 2.13. The molecule has 6 heteroatoms. The molecule has 1 amide bonds. The number of carbonyl (C=O) groups is 1. The molecule has 0 saturated carbocycles. The number of aliphatic hydroxyl groups is 1. The molecule has 0 spiro atoms. The summed E-state index contributed by atoms with van der Waals surface area (Å²) in [6, 6.07) is 2.13. The summed E-state index contributed by atoms with van der Waals surface area (Å²) in [7, 11) is 1.55. The zero-order valence-corrected chi connectivity index (χ0v) is 11.4. The van der Waals surface area contributed by atoms with E-state index < -0.39 is 29.8 Å². The number of hydrogen-bond acceptors (Lipinski definition) is 3. The molecule has 1 heterocycles. The van der Waals surface area contributed by atoms with Crippen molar-refractivity contribution in [3.8, 4) is 0 Å². The Bertz CT molecular complexity index is 510. The van der Waals surface area contributed by atoms with Gasteiger partial charge in [-0.2, -0.15) is 0 Å². The Morgan fingerprint density at radius 2 is 2.20 bits per heavy atom. The smallest absolute Gasteiger partial charge is 0.240 e. The summed E-state index contributed by atoms with van der Waals surface area (Å²) in [5, 5.41) is 12.3. The van der Waals surface area contributed by atoms with Gasteiger partial charge >= 0.3 is 0 Å². The molecular weight excluding hydrogens is 266 g/mol. The third-order valence-corrected chi connectivity index (χ3v) is 3.74. The predicted octanol–water partition coefficient (Wildman–Crippen LogP) is 1.21. The van der Waals surface area contributed by atoms with Crippen molar-refractivity contribution in [1.29, 1.82) is 0 Å². The molecule has 110 valence electrons. The minimum absolute atomic E-state index is 0.138. The van der Waals surface area contributed by atoms with Gasteiger partial charge in [-0.1, -0.05) is 0 Å². The van der Waals surface area contributed by atoms with Crippen LogP contribution in [-0.4, -0.2) is 41.7 Å². The van der Waals surface area contributed by atoms with Crippen LogP contribution >= 0.6 is 0 Å². The number of benzene rings is 1. The second-order valence-electron chi connectivity index (χ2n) is 5.14. The molecule has 4 nitrogen and oxygen atoms in total. The molecule has 3 unspecified atom stereocenters. The number of rotatable bonds is 3. The Morgan fingerprint density at radius 3 is 2.80 bits per heavy atom. The van der Waals surface area contributed by atoms with Gasteiger partial charge in [-0.15, -0.1) is 0 Å². The summed E-state index contributed by atoms with van der Waals surface area (Å²) < 4.78 is 26.9. The quantitative estimate of drug-likeness (QED) is 0.877. The molecule has 1 aliphatic rings. The van der Waals surface area contributed by atoms with Gasteiger partial charge in [-0.25, -0.2) is 8.78 Å². The summed E-state index contributed by atoms with van der Waals surface area (Å²) in [6.45, 7) is 2.01. The van der Waals surface area contributed by atoms with E-state index in [0.717, 1.165) is 18.2 Å². The molecule has 0 aromatic heterocycles. The zero-order chi connectivity index (χ0) is 14.9. The van der Waals surface area contributed by atoms with E-state index in [4.69, 9.17) is 0 Å². The van der Waals surface area contributed by atoms with Crippen molar-refractivity contribution in [3.63, 3.8) is 0 Å². The fourth-order valence-corrected chi connectivity index (χ4v) is 2.39. The van der Waals surface area contributed by atoms with E-state index in [1.54, 1.807) is 14.0 Å². The van der Waals surface area contributed by atoms with E-state index in [-0.39, 0.29) is 11.5 Å². The van der Waals surface area contributed by atoms with E-state index in [2.05, 4.69) is 5.32 Å². The average Bonchev–Trinajstić information content (AvgIpc) is 2.85. The zero-order valence-electron chi connectivity index (χ0n) is 11.4. The van der Waals surface area contributed by atoms with E-state index in [1.165, 1.54) is 4.90 Å². The number of amides is 1. The Kier molecular flexibility index (Phi) is 4.35. The molecule has 1 aliphatic heterocycles. The Morgan fingerprint density at radius 1 is 1.50 bits per heavy atom. The van der Waals surface area contributed by atoms with Gasteiger partial charge in [0.15, 0.2) is 0 Å². The number of carbonyl (C=O) groups excluding carboxylic acids is 1. The topological polar surface area (TPSA) is 52.6 Å². The lowest BCUT2D eigenvalue weighted by Gasteiger charge is -2.28. The fraction of sp³-hybridized carbons (Fsp3) is 0.500. The number of nitrogens with one attached hydrogen (secondary N) is 1. The van der Waals surface area contributed by atoms with Crippen molar-refractivity contribution < 1.29 is 18.7 Å². The van der Waals surface area contributed by atoms with Crippen LogP contribution in [0.3, 0.4) is 0 Å². The van der Waals surface area contributed by atoms with Crippen molar-refractivity contribution in [2.45, 2.75) is 31.5 Å². The van der Waals surface area contributed by atoms with Crippen molar-refractivity contribution in [2.24, 2.45) is 0 Å². The number of β-amino-alcohol motifs (C(OH)–C–C–N with tert-alkyl or cyclic N) is 1. The van der Waals surface area contributed by atoms with Crippen LogP contribution in [0.15, 0.2) is 18.2 Å². The lowest BCUT2D eigenvalue weighted by molar-refractivity contribution is -0.133. The number of halogens is 2. The fourth-order valence-electron chi connectivity index (χ4n) is 2.39. The molecule has 2 N–H and O–H groups in total. The number of likely N-dealkylation sites (N-methyl/N-ethyl adjacent to an activating group) is 1. The Hall–Kier alpha value is -1.53. The number of aliphatic hydroxyl groups excluding tert-OH is 1. The highest BCUT2D eigenvalue weighted by Crippen LogP contribution is 2.24. The highest BCUT2D eigenvalue weighted by molar-refractivity contribution is 5.82. The largest absolute Gasteiger partial charge is 0.392 e. The SMILES string of the molecule is CC(c1cc(F)ccc1F)N(C)C(=O)C1CC(O)CN1. The van der Waals surface area contributed by atoms with E-state index in [9.17, 15) is 18.7 Å². The average molecular weight is 284 g/mol. The van der Waals surface area contributed by atoms with Crippen molar-refractivity contribution in [1.82, 2.24) is 10.2 Å². The summed E-state index contributed by atoms with van der Waals surface area (Å²) in [5.74, 6) is -1.32. The molecule has 1 aromatic carbocycles. The summed E-state index contributed by atoms with van der Waals surface area (Å²) in [6.07, 6.45) is -0.208. The van der Waals surface area contributed by atoms with Crippen LogP contribution in [0.5, 0.6) is 0 Å². The maximum atomic E-state index is 13.7. The number of nitrogens with zero attached hydrogens (tertiary/aromatic N) is 1. The molecule has 3 atom stereocenters. The van der Waals surface area contributed by atoms with Crippen molar-refractivity contribution in [2.75, 3.05) is 13.6 Å². The molecule has 0 aliphatic carbocycles. The molecule has 2 rings (SSSR count). The van der Waals surface area contributed by atoms with E-state index in [0.29, 0.717) is 13.0 Å². The number of hydrogen-bond donors (Lipinski definition) is 2. The van der Waals surface area contributed by atoms with Gasteiger partial charge < -0.3 is 15.3 Å². The van der Waals surface area contributed by atoms with Gasteiger partial charge in [0.05, 0.1) is 18.2 Å². The summed E-state index contributed by atoms with van der Waals surface area (Å²) >= 11 is 0. The van der Waals surface area contributed by atoms with Crippen LogP contribution in [0.25, 0.3) is 0 Å². The van der Waals surface area contributed by atoms with Gasteiger partial charge in [0.2, 0.25) is 5.91 Å². The normalized spacial score (nSPS) is 23.6. The minimum Gasteiger partial charge on any atom is -0.392 e. The van der Waals surface area contributed by atoms with Gasteiger partial charge in [-0.05, 0) is 31.5 Å². The highest BCUT2D eigenvalue weighted by atomic mass is 19.1. The van der Waals surface area contributed by atoms with Crippen LogP contribution in [-0.2, 0) is 4.79 Å². The standard InChI is InChI=1S/C14H18F2N2O2/c1-8(11-5-9(15)3-4-12(11)16)18(2)14(20)13-6-10(19)7-17-13/h3-5,8,10,13,17,19H,6-7H2,1-2H3. The molecule has 1 aromatic rings. The molecule has 0 radical (unpaired) electrons.